The van der Waals surface area contributed by atoms with E-state index in [1.807, 2.05) is 0 Å². The average molecular weight is 349 g/mol. The van der Waals surface area contributed by atoms with Gasteiger partial charge in [0.25, 0.3) is 0 Å². The van der Waals surface area contributed by atoms with Gasteiger partial charge in [-0.25, -0.2) is 0 Å². The molecule has 0 fully saturated rings. The molecule has 0 aliphatic heterocycles. The summed E-state index contributed by atoms with van der Waals surface area (Å²) in [5.74, 6) is 0. The highest BCUT2D eigenvalue weighted by Crippen LogP contribution is 2.11. The van der Waals surface area contributed by atoms with Crippen LogP contribution in [0.5, 0.6) is 0 Å². The Bertz CT molecular complexity index is 274. The van der Waals surface area contributed by atoms with E-state index in [0.717, 1.165) is 0 Å². The highest BCUT2D eigenvalue weighted by molar-refractivity contribution is 4.84. The molecule has 0 atom stereocenters. The number of unbranched alkanes of at least 4 members (excludes halogenated alkanes) is 16. The zero-order valence-electron chi connectivity index (χ0n) is 17.7. The van der Waals surface area contributed by atoms with Crippen molar-refractivity contribution in [1.82, 2.24) is 0 Å². The first-order valence-corrected chi connectivity index (χ1v) is 11.7. The molecule has 0 aromatic rings. The fraction of sp³-hybridized carbons (Fsp3) is 0.840. The molecule has 0 nitrogen and oxygen atoms in total. The summed E-state index contributed by atoms with van der Waals surface area (Å²) in [7, 11) is 0. The van der Waals surface area contributed by atoms with Gasteiger partial charge in [-0.3, -0.25) is 0 Å². The molecule has 0 aliphatic rings. The smallest absolute Gasteiger partial charge is 0.0351 e. The second-order valence-electron chi connectivity index (χ2n) is 7.69. The van der Waals surface area contributed by atoms with Crippen LogP contribution in [-0.4, -0.2) is 0 Å². The topological polar surface area (TPSA) is 0 Å². The fourth-order valence-corrected chi connectivity index (χ4v) is 3.26. The molecule has 0 rings (SSSR count). The molecule has 0 N–H and O–H groups in total. The van der Waals surface area contributed by atoms with E-state index in [1.165, 1.54) is 122 Å². The molecule has 0 saturated heterocycles. The minimum absolute atomic E-state index is 1.28. The lowest BCUT2D eigenvalue weighted by molar-refractivity contribution is 0.566. The summed E-state index contributed by atoms with van der Waals surface area (Å²) in [6.07, 6.45) is 35.9. The molecular formula is C25H48. The van der Waals surface area contributed by atoms with Gasteiger partial charge in [0.1, 0.15) is 0 Å². The van der Waals surface area contributed by atoms with Gasteiger partial charge in [-0.15, -0.1) is 0 Å². The van der Waals surface area contributed by atoms with Crippen LogP contribution in [0.1, 0.15) is 136 Å². The minimum atomic E-state index is 1.28. The second kappa shape index (κ2) is 23.5. The highest BCUT2D eigenvalue weighted by Gasteiger charge is 1.91. The van der Waals surface area contributed by atoms with Gasteiger partial charge in [0, 0.05) is 0 Å². The maximum atomic E-state index is 2.42. The molecule has 0 heterocycles. The van der Waals surface area contributed by atoms with E-state index in [4.69, 9.17) is 0 Å². The van der Waals surface area contributed by atoms with Crippen molar-refractivity contribution in [2.24, 2.45) is 0 Å². The SMILES string of the molecule is CCCCCC/C=C\CCCC/C=C\CCCCCCCCCCC. The minimum Gasteiger partial charge on any atom is -0.0885 e. The van der Waals surface area contributed by atoms with Crippen molar-refractivity contribution in [3.8, 4) is 0 Å². The van der Waals surface area contributed by atoms with E-state index in [9.17, 15) is 0 Å². The molecule has 0 saturated carbocycles. The van der Waals surface area contributed by atoms with E-state index in [1.54, 1.807) is 0 Å². The van der Waals surface area contributed by atoms with Crippen LogP contribution in [0.15, 0.2) is 24.3 Å². The maximum Gasteiger partial charge on any atom is -0.0351 e. The maximum absolute atomic E-state index is 2.42. The molecule has 0 bridgehead atoms. The Morgan fingerprint density at radius 3 is 0.920 bits per heavy atom. The van der Waals surface area contributed by atoms with Crippen molar-refractivity contribution in [3.63, 3.8) is 0 Å². The Hall–Kier alpha value is -0.520. The van der Waals surface area contributed by atoms with Crippen molar-refractivity contribution in [2.75, 3.05) is 0 Å². The summed E-state index contributed by atoms with van der Waals surface area (Å²) in [5.41, 5.74) is 0. The lowest BCUT2D eigenvalue weighted by Crippen LogP contribution is -1.80. The molecule has 0 spiro atoms. The number of hydrogen-bond acceptors (Lipinski definition) is 0. The molecule has 0 unspecified atom stereocenters. The first-order chi connectivity index (χ1) is 12.4. The summed E-state index contributed by atoms with van der Waals surface area (Å²) >= 11 is 0. The predicted octanol–water partition coefficient (Wildman–Crippen LogP) is 9.55. The zero-order valence-corrected chi connectivity index (χ0v) is 17.7. The molecule has 0 heteroatoms. The molecule has 0 aliphatic carbocycles. The van der Waals surface area contributed by atoms with Gasteiger partial charge in [0.2, 0.25) is 0 Å². The van der Waals surface area contributed by atoms with Crippen LogP contribution in [0.25, 0.3) is 0 Å². The number of rotatable bonds is 20. The van der Waals surface area contributed by atoms with Crippen LogP contribution in [-0.2, 0) is 0 Å². The Balaban J connectivity index is 3.12. The number of hydrogen-bond donors (Lipinski definition) is 0. The Labute approximate surface area is 160 Å². The van der Waals surface area contributed by atoms with Gasteiger partial charge in [-0.05, 0) is 51.4 Å². The third kappa shape index (κ3) is 23.5. The third-order valence-corrected chi connectivity index (χ3v) is 5.02. The van der Waals surface area contributed by atoms with Crippen LogP contribution >= 0.6 is 0 Å². The van der Waals surface area contributed by atoms with Crippen LogP contribution in [0.3, 0.4) is 0 Å². The molecular weight excluding hydrogens is 300 g/mol. The van der Waals surface area contributed by atoms with Crippen LogP contribution < -0.4 is 0 Å². The van der Waals surface area contributed by atoms with Crippen LogP contribution in [0.2, 0.25) is 0 Å². The predicted molar refractivity (Wildman–Crippen MR) is 117 cm³/mol. The van der Waals surface area contributed by atoms with Crippen LogP contribution in [0, 0.1) is 0 Å². The van der Waals surface area contributed by atoms with Crippen molar-refractivity contribution >= 4 is 0 Å². The van der Waals surface area contributed by atoms with E-state index in [-0.39, 0.29) is 0 Å². The Morgan fingerprint density at radius 2 is 0.560 bits per heavy atom. The van der Waals surface area contributed by atoms with E-state index < -0.39 is 0 Å². The van der Waals surface area contributed by atoms with Gasteiger partial charge in [0.05, 0.1) is 0 Å². The standard InChI is InChI=1S/C25H48/c1-3-5-7-9-11-13-15-17-19-21-23-25-24-22-20-18-16-14-12-10-8-6-4-2/h13,15,24-25H,3-12,14,16-23H2,1-2H3/b15-13-,25-24-. The summed E-state index contributed by atoms with van der Waals surface area (Å²) in [5, 5.41) is 0. The van der Waals surface area contributed by atoms with Gasteiger partial charge < -0.3 is 0 Å². The van der Waals surface area contributed by atoms with Crippen molar-refractivity contribution < 1.29 is 0 Å². The van der Waals surface area contributed by atoms with E-state index >= 15 is 0 Å². The molecule has 25 heavy (non-hydrogen) atoms. The zero-order chi connectivity index (χ0) is 18.3. The van der Waals surface area contributed by atoms with Crippen molar-refractivity contribution in [3.05, 3.63) is 24.3 Å². The highest BCUT2D eigenvalue weighted by atomic mass is 14.0. The van der Waals surface area contributed by atoms with E-state index in [0.29, 0.717) is 0 Å². The van der Waals surface area contributed by atoms with Gasteiger partial charge in [-0.1, -0.05) is 109 Å². The second-order valence-corrected chi connectivity index (χ2v) is 7.69. The average Bonchev–Trinajstić information content (AvgIpc) is 2.63. The molecule has 0 aromatic heterocycles. The summed E-state index contributed by atoms with van der Waals surface area (Å²) < 4.78 is 0. The van der Waals surface area contributed by atoms with Gasteiger partial charge in [-0.2, -0.15) is 0 Å². The van der Waals surface area contributed by atoms with Gasteiger partial charge in [0.15, 0.2) is 0 Å². The molecule has 0 radical (unpaired) electrons. The molecule has 0 amide bonds. The van der Waals surface area contributed by atoms with Crippen molar-refractivity contribution in [2.45, 2.75) is 136 Å². The van der Waals surface area contributed by atoms with Gasteiger partial charge >= 0.3 is 0 Å². The fourth-order valence-electron chi connectivity index (χ4n) is 3.26. The number of allylic oxidation sites excluding steroid dienone is 4. The Morgan fingerprint density at radius 1 is 0.320 bits per heavy atom. The monoisotopic (exact) mass is 348 g/mol. The summed E-state index contributed by atoms with van der Waals surface area (Å²) in [6, 6.07) is 0. The lowest BCUT2D eigenvalue weighted by atomic mass is 10.1. The first kappa shape index (κ1) is 24.5. The lowest BCUT2D eigenvalue weighted by Gasteiger charge is -2.00. The Kier molecular flexibility index (Phi) is 23.0. The molecule has 148 valence electrons. The van der Waals surface area contributed by atoms with Crippen LogP contribution in [0.4, 0.5) is 0 Å². The normalized spacial score (nSPS) is 11.9. The quantitative estimate of drug-likeness (QED) is 0.152. The third-order valence-electron chi connectivity index (χ3n) is 5.02. The largest absolute Gasteiger partial charge is 0.0885 e. The summed E-state index contributed by atoms with van der Waals surface area (Å²) in [4.78, 5) is 0. The van der Waals surface area contributed by atoms with E-state index in [2.05, 4.69) is 38.2 Å². The van der Waals surface area contributed by atoms with Crippen molar-refractivity contribution in [1.29, 1.82) is 0 Å². The first-order valence-electron chi connectivity index (χ1n) is 11.7. The summed E-state index contributed by atoms with van der Waals surface area (Å²) in [6.45, 7) is 4.57. The molecule has 0 aromatic carbocycles.